The number of rotatable bonds is 3. The van der Waals surface area contributed by atoms with E-state index in [-0.39, 0.29) is 34.3 Å². The lowest BCUT2D eigenvalue weighted by atomic mass is 9.93. The maximum atomic E-state index is 12.8. The largest absolute Gasteiger partial charge is 0.329 e. The Bertz CT molecular complexity index is 598. The van der Waals surface area contributed by atoms with Crippen LogP contribution in [-0.2, 0) is 10.0 Å². The summed E-state index contributed by atoms with van der Waals surface area (Å²) in [6.45, 7) is 2.87. The van der Waals surface area contributed by atoms with Crippen LogP contribution in [0.4, 0.5) is 0 Å². The molecule has 0 radical (unpaired) electrons. The lowest BCUT2D eigenvalue weighted by Gasteiger charge is -2.38. The Morgan fingerprint density at radius 3 is 2.71 bits per heavy atom. The van der Waals surface area contributed by atoms with Crippen molar-refractivity contribution in [2.45, 2.75) is 30.7 Å². The third-order valence-corrected chi connectivity index (χ3v) is 6.69. The van der Waals surface area contributed by atoms with Gasteiger partial charge >= 0.3 is 0 Å². The van der Waals surface area contributed by atoms with Gasteiger partial charge in [0.2, 0.25) is 10.0 Å². The third kappa shape index (κ3) is 3.92. The van der Waals surface area contributed by atoms with Gasteiger partial charge in [-0.15, -0.1) is 12.4 Å². The van der Waals surface area contributed by atoms with Crippen molar-refractivity contribution in [3.8, 4) is 0 Å². The summed E-state index contributed by atoms with van der Waals surface area (Å²) in [6.07, 6.45) is 1.85. The van der Waals surface area contributed by atoms with Gasteiger partial charge < -0.3 is 5.73 Å². The molecule has 0 saturated carbocycles. The zero-order chi connectivity index (χ0) is 14.9. The first-order valence-corrected chi connectivity index (χ1v) is 9.16. The molecule has 21 heavy (non-hydrogen) atoms. The molecule has 0 amide bonds. The highest BCUT2D eigenvalue weighted by Crippen LogP contribution is 2.32. The Morgan fingerprint density at radius 1 is 1.48 bits per heavy atom. The summed E-state index contributed by atoms with van der Waals surface area (Å²) in [4.78, 5) is 0.148. The molecule has 1 heterocycles. The summed E-state index contributed by atoms with van der Waals surface area (Å²) in [7, 11) is -3.60. The Balaban J connectivity index is 0.00000220. The van der Waals surface area contributed by atoms with E-state index in [4.69, 9.17) is 17.3 Å². The molecule has 120 valence electrons. The second kappa shape index (κ2) is 7.62. The van der Waals surface area contributed by atoms with Crippen molar-refractivity contribution in [3.63, 3.8) is 0 Å². The predicted octanol–water partition coefficient (Wildman–Crippen LogP) is 3.27. The minimum atomic E-state index is -3.60. The highest BCUT2D eigenvalue weighted by atomic mass is 79.9. The third-order valence-electron chi connectivity index (χ3n) is 3.79. The normalized spacial score (nSPS) is 23.6. The average Bonchev–Trinajstić information content (AvgIpc) is 2.37. The number of nitrogens with zero attached hydrogens (tertiary/aromatic N) is 1. The molecule has 0 aromatic heterocycles. The molecule has 1 aliphatic rings. The quantitative estimate of drug-likeness (QED) is 0.820. The van der Waals surface area contributed by atoms with Crippen molar-refractivity contribution in [2.75, 3.05) is 13.1 Å². The SMILES string of the molecule is CC1CCCN(S(=O)(=O)c2ccc(Br)cc2Cl)C1CN.Cl. The van der Waals surface area contributed by atoms with Crippen molar-refractivity contribution in [1.82, 2.24) is 4.31 Å². The number of sulfonamides is 1. The molecular formula is C13H19BrCl2N2O2S. The highest BCUT2D eigenvalue weighted by molar-refractivity contribution is 9.10. The molecule has 4 nitrogen and oxygen atoms in total. The van der Waals surface area contributed by atoms with E-state index in [2.05, 4.69) is 15.9 Å². The number of halogens is 3. The molecule has 1 aromatic rings. The molecule has 1 aliphatic heterocycles. The summed E-state index contributed by atoms with van der Waals surface area (Å²) in [5, 5.41) is 0.230. The van der Waals surface area contributed by atoms with Crippen molar-refractivity contribution in [1.29, 1.82) is 0 Å². The van der Waals surface area contributed by atoms with Gasteiger partial charge in [0.1, 0.15) is 4.90 Å². The van der Waals surface area contributed by atoms with Gasteiger partial charge in [0, 0.05) is 23.6 Å². The van der Waals surface area contributed by atoms with Gasteiger partial charge in [-0.1, -0.05) is 34.5 Å². The zero-order valence-corrected chi connectivity index (χ0v) is 15.6. The summed E-state index contributed by atoms with van der Waals surface area (Å²) < 4.78 is 27.9. The van der Waals surface area contributed by atoms with E-state index < -0.39 is 10.0 Å². The molecule has 2 rings (SSSR count). The summed E-state index contributed by atoms with van der Waals surface area (Å²) >= 11 is 9.37. The summed E-state index contributed by atoms with van der Waals surface area (Å²) in [5.41, 5.74) is 5.77. The standard InChI is InChI=1S/C13H18BrClN2O2S.ClH/c1-9-3-2-6-17(12(9)8-16)20(18,19)13-5-4-10(14)7-11(13)15;/h4-5,7,9,12H,2-3,6,8,16H2,1H3;1H. The zero-order valence-electron chi connectivity index (χ0n) is 11.6. The van der Waals surface area contributed by atoms with E-state index in [1.807, 2.05) is 6.92 Å². The van der Waals surface area contributed by atoms with Crippen LogP contribution in [0.25, 0.3) is 0 Å². The van der Waals surface area contributed by atoms with Crippen molar-refractivity contribution in [2.24, 2.45) is 11.7 Å². The van der Waals surface area contributed by atoms with Crippen LogP contribution in [0.3, 0.4) is 0 Å². The number of piperidine rings is 1. The van der Waals surface area contributed by atoms with Crippen LogP contribution in [0.15, 0.2) is 27.6 Å². The average molecular weight is 418 g/mol. The number of hydrogen-bond donors (Lipinski definition) is 1. The Kier molecular flexibility index (Phi) is 6.96. The van der Waals surface area contributed by atoms with Gasteiger partial charge in [-0.05, 0) is 37.0 Å². The maximum Gasteiger partial charge on any atom is 0.244 e. The first-order chi connectivity index (χ1) is 9.37. The maximum absolute atomic E-state index is 12.8. The van der Waals surface area contributed by atoms with Gasteiger partial charge in [0.25, 0.3) is 0 Å². The van der Waals surface area contributed by atoms with E-state index in [9.17, 15) is 8.42 Å². The fourth-order valence-corrected chi connectivity index (χ4v) is 5.45. The van der Waals surface area contributed by atoms with Gasteiger partial charge in [-0.3, -0.25) is 0 Å². The number of nitrogens with two attached hydrogens (primary N) is 1. The van der Waals surface area contributed by atoms with Gasteiger partial charge in [0.05, 0.1) is 5.02 Å². The van der Waals surface area contributed by atoms with E-state index in [1.165, 1.54) is 10.4 Å². The molecule has 2 atom stereocenters. The monoisotopic (exact) mass is 416 g/mol. The Labute approximate surface area is 145 Å². The molecule has 0 bridgehead atoms. The van der Waals surface area contributed by atoms with E-state index in [0.717, 1.165) is 17.3 Å². The summed E-state index contributed by atoms with van der Waals surface area (Å²) in [6, 6.07) is 4.66. The van der Waals surface area contributed by atoms with E-state index in [1.54, 1.807) is 12.1 Å². The number of benzene rings is 1. The van der Waals surface area contributed by atoms with Crippen LogP contribution >= 0.6 is 39.9 Å². The first-order valence-electron chi connectivity index (χ1n) is 6.55. The predicted molar refractivity (Wildman–Crippen MR) is 91.5 cm³/mol. The second-order valence-electron chi connectivity index (χ2n) is 5.11. The van der Waals surface area contributed by atoms with Crippen LogP contribution in [0, 0.1) is 5.92 Å². The summed E-state index contributed by atoms with van der Waals surface area (Å²) in [5.74, 6) is 0.262. The molecule has 0 spiro atoms. The minimum Gasteiger partial charge on any atom is -0.329 e. The van der Waals surface area contributed by atoms with Crippen LogP contribution in [0.2, 0.25) is 5.02 Å². The first kappa shape index (κ1) is 19.2. The van der Waals surface area contributed by atoms with Crippen molar-refractivity contribution >= 4 is 50.0 Å². The van der Waals surface area contributed by atoms with E-state index >= 15 is 0 Å². The van der Waals surface area contributed by atoms with Gasteiger partial charge in [-0.2, -0.15) is 4.31 Å². The Morgan fingerprint density at radius 2 is 2.14 bits per heavy atom. The van der Waals surface area contributed by atoms with Gasteiger partial charge in [0.15, 0.2) is 0 Å². The number of hydrogen-bond acceptors (Lipinski definition) is 3. The fraction of sp³-hybridized carbons (Fsp3) is 0.538. The van der Waals surface area contributed by atoms with E-state index in [0.29, 0.717) is 13.1 Å². The topological polar surface area (TPSA) is 63.4 Å². The fourth-order valence-electron chi connectivity index (χ4n) is 2.67. The molecule has 1 fully saturated rings. The van der Waals surface area contributed by atoms with Crippen molar-refractivity contribution in [3.05, 3.63) is 27.7 Å². The van der Waals surface area contributed by atoms with Crippen LogP contribution in [0.5, 0.6) is 0 Å². The molecule has 8 heteroatoms. The lowest BCUT2D eigenvalue weighted by Crippen LogP contribution is -2.51. The second-order valence-corrected chi connectivity index (χ2v) is 8.29. The molecule has 0 aliphatic carbocycles. The molecular weight excluding hydrogens is 399 g/mol. The minimum absolute atomic E-state index is 0. The van der Waals surface area contributed by atoms with Crippen LogP contribution in [-0.4, -0.2) is 31.9 Å². The molecule has 1 aromatic carbocycles. The van der Waals surface area contributed by atoms with Crippen molar-refractivity contribution < 1.29 is 8.42 Å². The van der Waals surface area contributed by atoms with Gasteiger partial charge in [-0.25, -0.2) is 8.42 Å². The Hall–Kier alpha value is 0.150. The molecule has 2 unspecified atom stereocenters. The molecule has 2 N–H and O–H groups in total. The van der Waals surface area contributed by atoms with Crippen LogP contribution in [0.1, 0.15) is 19.8 Å². The lowest BCUT2D eigenvalue weighted by molar-refractivity contribution is 0.192. The highest BCUT2D eigenvalue weighted by Gasteiger charge is 2.37. The van der Waals surface area contributed by atoms with Crippen LogP contribution < -0.4 is 5.73 Å². The molecule has 1 saturated heterocycles. The smallest absolute Gasteiger partial charge is 0.244 e.